The van der Waals surface area contributed by atoms with Crippen molar-refractivity contribution in [3.63, 3.8) is 0 Å². The minimum absolute atomic E-state index is 0.136. The molecule has 10 nitrogen and oxygen atoms in total. The van der Waals surface area contributed by atoms with Gasteiger partial charge in [-0.2, -0.15) is 0 Å². The Balaban J connectivity index is 1.47. The number of aliphatic hydroxyl groups excluding tert-OH is 1. The fraction of sp³-hybridized carbons (Fsp3) is 0.594. The van der Waals surface area contributed by atoms with Crippen molar-refractivity contribution in [3.05, 3.63) is 59.2 Å². The maximum Gasteiger partial charge on any atom is 0.407 e. The SMILES string of the molecule is COCCCN1CCOc2ccc(CO[C@H]3CN(C(=O)O)C[C@@H](CO)[C@@H]3c3ccc(COCC(C)COC)cc3)cc21. The van der Waals surface area contributed by atoms with Gasteiger partial charge in [-0.3, -0.25) is 0 Å². The largest absolute Gasteiger partial charge is 0.490 e. The number of rotatable bonds is 15. The zero-order chi connectivity index (χ0) is 29.9. The van der Waals surface area contributed by atoms with Gasteiger partial charge in [-0.25, -0.2) is 4.79 Å². The first-order valence-corrected chi connectivity index (χ1v) is 14.8. The molecule has 4 rings (SSSR count). The van der Waals surface area contributed by atoms with Gasteiger partial charge >= 0.3 is 6.09 Å². The summed E-state index contributed by atoms with van der Waals surface area (Å²) in [5.74, 6) is 0.727. The number of carbonyl (C=O) groups is 1. The van der Waals surface area contributed by atoms with Crippen LogP contribution in [0.4, 0.5) is 10.5 Å². The van der Waals surface area contributed by atoms with E-state index in [1.54, 1.807) is 14.2 Å². The van der Waals surface area contributed by atoms with E-state index >= 15 is 0 Å². The quantitative estimate of drug-likeness (QED) is 0.299. The number of likely N-dealkylation sites (tertiary alicyclic amines) is 1. The summed E-state index contributed by atoms with van der Waals surface area (Å²) >= 11 is 0. The van der Waals surface area contributed by atoms with E-state index in [9.17, 15) is 15.0 Å². The Bertz CT molecular complexity index is 1110. The molecule has 2 aliphatic heterocycles. The number of ether oxygens (including phenoxy) is 5. The second-order valence-electron chi connectivity index (χ2n) is 11.3. The molecule has 0 bridgehead atoms. The van der Waals surface area contributed by atoms with E-state index in [2.05, 4.69) is 17.9 Å². The minimum atomic E-state index is -1.01. The lowest BCUT2D eigenvalue weighted by Crippen LogP contribution is -2.51. The van der Waals surface area contributed by atoms with E-state index in [1.165, 1.54) is 4.90 Å². The summed E-state index contributed by atoms with van der Waals surface area (Å²) in [6.45, 7) is 7.55. The van der Waals surface area contributed by atoms with Gasteiger partial charge in [0, 0.05) is 58.3 Å². The second-order valence-corrected chi connectivity index (χ2v) is 11.3. The first-order valence-electron chi connectivity index (χ1n) is 14.8. The highest BCUT2D eigenvalue weighted by Gasteiger charge is 2.40. The summed E-state index contributed by atoms with van der Waals surface area (Å²) in [7, 11) is 3.40. The topological polar surface area (TPSA) is 110 Å². The zero-order valence-corrected chi connectivity index (χ0v) is 25.1. The molecule has 4 atom stereocenters. The van der Waals surface area contributed by atoms with Crippen LogP contribution in [0.25, 0.3) is 0 Å². The van der Waals surface area contributed by atoms with Crippen LogP contribution in [-0.2, 0) is 32.2 Å². The highest BCUT2D eigenvalue weighted by molar-refractivity contribution is 5.65. The molecule has 42 heavy (non-hydrogen) atoms. The molecule has 2 aliphatic rings. The highest BCUT2D eigenvalue weighted by Crippen LogP contribution is 2.37. The van der Waals surface area contributed by atoms with E-state index in [1.807, 2.05) is 36.4 Å². The van der Waals surface area contributed by atoms with E-state index < -0.39 is 12.2 Å². The number of hydrogen-bond donors (Lipinski definition) is 2. The van der Waals surface area contributed by atoms with Crippen molar-refractivity contribution in [1.29, 1.82) is 0 Å². The lowest BCUT2D eigenvalue weighted by molar-refractivity contribution is -0.0483. The van der Waals surface area contributed by atoms with Gasteiger partial charge in [-0.15, -0.1) is 0 Å². The zero-order valence-electron chi connectivity index (χ0n) is 25.1. The van der Waals surface area contributed by atoms with E-state index in [0.717, 1.165) is 47.6 Å². The number of benzene rings is 2. The molecule has 1 amide bonds. The molecular formula is C32H46N2O8. The number of methoxy groups -OCH3 is 2. The van der Waals surface area contributed by atoms with Crippen molar-refractivity contribution >= 4 is 11.8 Å². The molecule has 1 fully saturated rings. The van der Waals surface area contributed by atoms with Crippen molar-refractivity contribution in [2.45, 2.75) is 38.6 Å². The van der Waals surface area contributed by atoms with Gasteiger partial charge < -0.3 is 43.7 Å². The van der Waals surface area contributed by atoms with E-state index in [0.29, 0.717) is 45.6 Å². The summed E-state index contributed by atoms with van der Waals surface area (Å²) < 4.78 is 28.6. The van der Waals surface area contributed by atoms with Crippen LogP contribution < -0.4 is 9.64 Å². The van der Waals surface area contributed by atoms with Gasteiger partial charge in [0.1, 0.15) is 12.4 Å². The number of piperidine rings is 1. The molecular weight excluding hydrogens is 540 g/mol. The van der Waals surface area contributed by atoms with Crippen LogP contribution >= 0.6 is 0 Å². The molecule has 232 valence electrons. The van der Waals surface area contributed by atoms with Gasteiger partial charge in [-0.1, -0.05) is 37.3 Å². The number of anilines is 1. The van der Waals surface area contributed by atoms with Crippen LogP contribution in [0.2, 0.25) is 0 Å². The Morgan fingerprint density at radius 2 is 1.83 bits per heavy atom. The number of aliphatic hydroxyl groups is 1. The molecule has 0 saturated carbocycles. The molecule has 0 radical (unpaired) electrons. The Morgan fingerprint density at radius 1 is 1.05 bits per heavy atom. The normalized spacial score (nSPS) is 21.1. The van der Waals surface area contributed by atoms with Crippen molar-refractivity contribution in [1.82, 2.24) is 4.90 Å². The lowest BCUT2D eigenvalue weighted by Gasteiger charge is -2.42. The number of hydrogen-bond acceptors (Lipinski definition) is 8. The molecule has 1 saturated heterocycles. The maximum atomic E-state index is 12.0. The summed E-state index contributed by atoms with van der Waals surface area (Å²) in [6, 6.07) is 14.2. The van der Waals surface area contributed by atoms with Crippen molar-refractivity contribution < 1.29 is 38.7 Å². The third-order valence-corrected chi connectivity index (χ3v) is 7.98. The van der Waals surface area contributed by atoms with Gasteiger partial charge in [0.15, 0.2) is 0 Å². The third-order valence-electron chi connectivity index (χ3n) is 7.98. The summed E-state index contributed by atoms with van der Waals surface area (Å²) in [5, 5.41) is 20.1. The molecule has 0 spiro atoms. The Kier molecular flexibility index (Phi) is 12.3. The number of carboxylic acid groups (broad SMARTS) is 1. The number of nitrogens with zero attached hydrogens (tertiary/aromatic N) is 2. The highest BCUT2D eigenvalue weighted by atomic mass is 16.5. The van der Waals surface area contributed by atoms with Gasteiger partial charge in [0.05, 0.1) is 51.3 Å². The maximum absolute atomic E-state index is 12.0. The molecule has 2 aromatic rings. The predicted octanol–water partition coefficient (Wildman–Crippen LogP) is 3.99. The average molecular weight is 587 g/mol. The van der Waals surface area contributed by atoms with Crippen molar-refractivity contribution in [3.8, 4) is 5.75 Å². The fourth-order valence-electron chi connectivity index (χ4n) is 5.87. The van der Waals surface area contributed by atoms with Crippen LogP contribution in [0.15, 0.2) is 42.5 Å². The van der Waals surface area contributed by atoms with Gasteiger partial charge in [-0.05, 0) is 35.2 Å². The minimum Gasteiger partial charge on any atom is -0.490 e. The molecule has 2 N–H and O–H groups in total. The first-order chi connectivity index (χ1) is 20.4. The summed E-state index contributed by atoms with van der Waals surface area (Å²) in [5.41, 5.74) is 4.09. The van der Waals surface area contributed by atoms with Crippen LogP contribution in [0.1, 0.15) is 36.0 Å². The van der Waals surface area contributed by atoms with E-state index in [-0.39, 0.29) is 31.5 Å². The summed E-state index contributed by atoms with van der Waals surface area (Å²) in [4.78, 5) is 15.6. The smallest absolute Gasteiger partial charge is 0.407 e. The van der Waals surface area contributed by atoms with Crippen molar-refractivity contribution in [2.24, 2.45) is 11.8 Å². The number of fused-ring (bicyclic) bond motifs is 1. The molecule has 1 unspecified atom stereocenters. The fourth-order valence-corrected chi connectivity index (χ4v) is 5.87. The first kappa shape index (κ1) is 32.0. The van der Waals surface area contributed by atoms with Crippen LogP contribution in [0.3, 0.4) is 0 Å². The van der Waals surface area contributed by atoms with Gasteiger partial charge in [0.2, 0.25) is 0 Å². The molecule has 2 heterocycles. The Hall–Kier alpha value is -2.89. The Labute approximate surface area is 249 Å². The van der Waals surface area contributed by atoms with Crippen LogP contribution in [0, 0.1) is 11.8 Å². The molecule has 10 heteroatoms. The van der Waals surface area contributed by atoms with Crippen molar-refractivity contribution in [2.75, 3.05) is 78.3 Å². The van der Waals surface area contributed by atoms with E-state index in [4.69, 9.17) is 23.7 Å². The van der Waals surface area contributed by atoms with Crippen LogP contribution in [-0.4, -0.2) is 101 Å². The second kappa shape index (κ2) is 16.1. The lowest BCUT2D eigenvalue weighted by atomic mass is 9.78. The number of amides is 1. The molecule has 2 aromatic carbocycles. The predicted molar refractivity (Wildman–Crippen MR) is 159 cm³/mol. The molecule has 0 aromatic heterocycles. The standard InChI is InChI=1S/C32H46N2O8/c1-23(19-39-3)20-40-21-24-5-8-26(9-6-24)31-27(18-35)16-34(32(36)37)17-30(31)42-22-25-7-10-29-28(15-25)33(12-14-41-29)11-4-13-38-2/h5-10,15,23,27,30-31,35H,4,11-14,16-22H2,1-3H3,(H,36,37)/t23?,27-,30-,31-/m0/s1. The third kappa shape index (κ3) is 8.58. The monoisotopic (exact) mass is 586 g/mol. The molecule has 0 aliphatic carbocycles. The Morgan fingerprint density at radius 3 is 2.55 bits per heavy atom. The van der Waals surface area contributed by atoms with Crippen LogP contribution in [0.5, 0.6) is 5.75 Å². The average Bonchev–Trinajstić information content (AvgIpc) is 3.00. The summed E-state index contributed by atoms with van der Waals surface area (Å²) in [6.07, 6.45) is -0.506. The van der Waals surface area contributed by atoms with Gasteiger partial charge in [0.25, 0.3) is 0 Å².